The Labute approximate surface area is 187 Å². The third-order valence-corrected chi connectivity index (χ3v) is 5.63. The summed E-state index contributed by atoms with van der Waals surface area (Å²) in [5.41, 5.74) is 1.80. The Morgan fingerprint density at radius 3 is 2.44 bits per heavy atom. The maximum atomic E-state index is 13.7. The first-order chi connectivity index (χ1) is 15.6. The lowest BCUT2D eigenvalue weighted by atomic mass is 9.95. The van der Waals surface area contributed by atoms with Crippen LogP contribution < -0.4 is 10.1 Å². The number of likely N-dealkylation sites (tertiary alicyclic amines) is 1. The van der Waals surface area contributed by atoms with E-state index in [1.54, 1.807) is 42.5 Å². The zero-order valence-electron chi connectivity index (χ0n) is 18.1. The van der Waals surface area contributed by atoms with Crippen LogP contribution in [0.2, 0.25) is 0 Å². The van der Waals surface area contributed by atoms with Gasteiger partial charge in [-0.1, -0.05) is 19.1 Å². The Bertz CT molecular complexity index is 1030. The van der Waals surface area contributed by atoms with Crippen LogP contribution in [0, 0.1) is 11.7 Å². The number of ether oxygens (including phenoxy) is 1. The van der Waals surface area contributed by atoms with E-state index in [2.05, 4.69) is 20.2 Å². The average Bonchev–Trinajstić information content (AvgIpc) is 2.83. The second-order valence-corrected chi connectivity index (χ2v) is 7.96. The van der Waals surface area contributed by atoms with Crippen molar-refractivity contribution in [2.24, 2.45) is 5.92 Å². The number of piperidine rings is 1. The summed E-state index contributed by atoms with van der Waals surface area (Å²) < 4.78 is 19.3. The molecule has 0 spiro atoms. The predicted octanol–water partition coefficient (Wildman–Crippen LogP) is 4.82. The molecule has 0 saturated carbocycles. The highest BCUT2D eigenvalue weighted by molar-refractivity contribution is 5.92. The van der Waals surface area contributed by atoms with E-state index in [9.17, 15) is 9.18 Å². The number of nitrogens with one attached hydrogen (secondary N) is 1. The van der Waals surface area contributed by atoms with Crippen LogP contribution in [0.4, 0.5) is 10.1 Å². The van der Waals surface area contributed by atoms with E-state index in [4.69, 9.17) is 4.74 Å². The van der Waals surface area contributed by atoms with E-state index in [-0.39, 0.29) is 17.6 Å². The summed E-state index contributed by atoms with van der Waals surface area (Å²) in [7, 11) is 0. The minimum atomic E-state index is -0.415. The van der Waals surface area contributed by atoms with Gasteiger partial charge in [-0.05, 0) is 62.3 Å². The molecule has 166 valence electrons. The van der Waals surface area contributed by atoms with Crippen LogP contribution >= 0.6 is 0 Å². The van der Waals surface area contributed by atoms with Crippen molar-refractivity contribution in [3.8, 4) is 11.5 Å². The number of benzene rings is 2. The smallest absolute Gasteiger partial charge is 0.227 e. The highest BCUT2D eigenvalue weighted by Gasteiger charge is 2.25. The van der Waals surface area contributed by atoms with Crippen molar-refractivity contribution in [1.82, 2.24) is 14.9 Å². The highest BCUT2D eigenvalue weighted by Crippen LogP contribution is 2.26. The molecule has 1 amide bonds. The summed E-state index contributed by atoms with van der Waals surface area (Å²) >= 11 is 0. The summed E-state index contributed by atoms with van der Waals surface area (Å²) in [6.07, 6.45) is 6.25. The molecule has 1 saturated heterocycles. The fourth-order valence-electron chi connectivity index (χ4n) is 3.76. The number of rotatable bonds is 7. The van der Waals surface area contributed by atoms with Gasteiger partial charge in [0.05, 0.1) is 0 Å². The molecular weight excluding hydrogens is 407 g/mol. The van der Waals surface area contributed by atoms with Gasteiger partial charge < -0.3 is 10.1 Å². The molecule has 0 radical (unpaired) electrons. The van der Waals surface area contributed by atoms with Gasteiger partial charge in [-0.15, -0.1) is 0 Å². The quantitative estimate of drug-likeness (QED) is 0.577. The number of hydrogen-bond acceptors (Lipinski definition) is 5. The minimum absolute atomic E-state index is 0.0145. The number of anilines is 1. The molecule has 0 atom stereocenters. The van der Waals surface area contributed by atoms with Crippen molar-refractivity contribution in [1.29, 1.82) is 0 Å². The number of nitrogens with zero attached hydrogens (tertiary/aromatic N) is 3. The topological polar surface area (TPSA) is 67.4 Å². The first kappa shape index (κ1) is 21.9. The van der Waals surface area contributed by atoms with Crippen LogP contribution in [-0.4, -0.2) is 33.9 Å². The predicted molar refractivity (Wildman–Crippen MR) is 121 cm³/mol. The Hall–Kier alpha value is -3.32. The largest absolute Gasteiger partial charge is 0.454 e. The van der Waals surface area contributed by atoms with Crippen molar-refractivity contribution in [3.05, 3.63) is 78.1 Å². The van der Waals surface area contributed by atoms with Gasteiger partial charge in [0.2, 0.25) is 5.91 Å². The number of amides is 1. The second kappa shape index (κ2) is 10.3. The normalized spacial score (nSPS) is 14.8. The van der Waals surface area contributed by atoms with Gasteiger partial charge >= 0.3 is 0 Å². The molecule has 7 heteroatoms. The van der Waals surface area contributed by atoms with Crippen LogP contribution in [0.3, 0.4) is 0 Å². The van der Waals surface area contributed by atoms with Crippen molar-refractivity contribution >= 4 is 11.6 Å². The molecule has 6 nitrogen and oxygen atoms in total. The molecule has 3 aromatic rings. The Morgan fingerprint density at radius 2 is 1.78 bits per heavy atom. The molecular formula is C25H27FN4O2. The van der Waals surface area contributed by atoms with E-state index in [1.165, 1.54) is 6.07 Å². The molecule has 32 heavy (non-hydrogen) atoms. The van der Waals surface area contributed by atoms with Gasteiger partial charge in [0, 0.05) is 42.5 Å². The van der Waals surface area contributed by atoms with E-state index >= 15 is 0 Å². The summed E-state index contributed by atoms with van der Waals surface area (Å²) in [5, 5.41) is 2.98. The molecule has 1 aliphatic rings. The summed E-state index contributed by atoms with van der Waals surface area (Å²) in [5.74, 6) is 1.14. The van der Waals surface area contributed by atoms with Crippen molar-refractivity contribution in [2.45, 2.75) is 32.7 Å². The molecule has 1 aromatic heterocycles. The van der Waals surface area contributed by atoms with Crippen LogP contribution in [0.5, 0.6) is 11.5 Å². The Balaban J connectivity index is 1.25. The zero-order valence-corrected chi connectivity index (χ0v) is 18.1. The summed E-state index contributed by atoms with van der Waals surface area (Å²) in [6, 6.07) is 13.2. The highest BCUT2D eigenvalue weighted by atomic mass is 19.1. The van der Waals surface area contributed by atoms with Crippen LogP contribution in [-0.2, 0) is 17.8 Å². The van der Waals surface area contributed by atoms with Crippen LogP contribution in [0.15, 0.2) is 60.9 Å². The van der Waals surface area contributed by atoms with E-state index in [0.717, 1.165) is 50.3 Å². The SMILES string of the molecule is CCc1ncc(CN2CCC(C(=O)Nc3ccc(Oc4ccccc4F)cc3)CC2)cn1. The van der Waals surface area contributed by atoms with E-state index in [0.29, 0.717) is 11.4 Å². The molecule has 0 bridgehead atoms. The van der Waals surface area contributed by atoms with Gasteiger partial charge in [0.1, 0.15) is 11.6 Å². The Morgan fingerprint density at radius 1 is 1.09 bits per heavy atom. The molecule has 0 aliphatic carbocycles. The molecule has 1 aliphatic heterocycles. The number of carbonyl (C=O) groups is 1. The second-order valence-electron chi connectivity index (χ2n) is 7.96. The van der Waals surface area contributed by atoms with Gasteiger partial charge in [-0.25, -0.2) is 14.4 Å². The van der Waals surface area contributed by atoms with Gasteiger partial charge in [0.15, 0.2) is 11.6 Å². The van der Waals surface area contributed by atoms with Crippen LogP contribution in [0.25, 0.3) is 0 Å². The molecule has 2 heterocycles. The fourth-order valence-corrected chi connectivity index (χ4v) is 3.76. The fraction of sp³-hybridized carbons (Fsp3) is 0.320. The van der Waals surface area contributed by atoms with Crippen molar-refractivity contribution < 1.29 is 13.9 Å². The Kier molecular flexibility index (Phi) is 7.07. The van der Waals surface area contributed by atoms with Gasteiger partial charge in [-0.2, -0.15) is 0 Å². The standard InChI is InChI=1S/C25H27FN4O2/c1-2-24-27-15-18(16-28-24)17-30-13-11-19(12-14-30)25(31)29-20-7-9-21(10-8-20)32-23-6-4-3-5-22(23)26/h3-10,15-16,19H,2,11-14,17H2,1H3,(H,29,31). The van der Waals surface area contributed by atoms with Gasteiger partial charge in [-0.3, -0.25) is 9.69 Å². The first-order valence-corrected chi connectivity index (χ1v) is 11.0. The first-order valence-electron chi connectivity index (χ1n) is 11.0. The maximum absolute atomic E-state index is 13.7. The summed E-state index contributed by atoms with van der Waals surface area (Å²) in [6.45, 7) is 4.58. The lowest BCUT2D eigenvalue weighted by molar-refractivity contribution is -0.121. The lowest BCUT2D eigenvalue weighted by Crippen LogP contribution is -2.37. The third kappa shape index (κ3) is 5.68. The number of halogens is 1. The number of aromatic nitrogens is 2. The molecule has 2 aromatic carbocycles. The third-order valence-electron chi connectivity index (χ3n) is 5.63. The number of hydrogen-bond donors (Lipinski definition) is 1. The average molecular weight is 435 g/mol. The van der Waals surface area contributed by atoms with Gasteiger partial charge in [0.25, 0.3) is 0 Å². The molecule has 1 fully saturated rings. The maximum Gasteiger partial charge on any atom is 0.227 e. The monoisotopic (exact) mass is 434 g/mol. The van der Waals surface area contributed by atoms with Crippen molar-refractivity contribution in [3.63, 3.8) is 0 Å². The van der Waals surface area contributed by atoms with Crippen LogP contribution in [0.1, 0.15) is 31.2 Å². The zero-order chi connectivity index (χ0) is 22.3. The minimum Gasteiger partial charge on any atom is -0.454 e. The summed E-state index contributed by atoms with van der Waals surface area (Å²) in [4.78, 5) is 23.7. The number of para-hydroxylation sites is 1. The molecule has 0 unspecified atom stereocenters. The number of carbonyl (C=O) groups excluding carboxylic acids is 1. The van der Waals surface area contributed by atoms with E-state index < -0.39 is 5.82 Å². The van der Waals surface area contributed by atoms with E-state index in [1.807, 2.05) is 19.3 Å². The molecule has 4 rings (SSSR count). The lowest BCUT2D eigenvalue weighted by Gasteiger charge is -2.31. The number of aryl methyl sites for hydroxylation is 1. The molecule has 1 N–H and O–H groups in total. The van der Waals surface area contributed by atoms with Crippen molar-refractivity contribution in [2.75, 3.05) is 18.4 Å².